The van der Waals surface area contributed by atoms with E-state index in [1.165, 1.54) is 24.8 Å². The molecule has 1 heterocycles. The maximum Gasteiger partial charge on any atom is 0.125 e. The average Bonchev–Trinajstić information content (AvgIpc) is 3.20. The summed E-state index contributed by atoms with van der Waals surface area (Å²) in [5.41, 5.74) is 1.19. The summed E-state index contributed by atoms with van der Waals surface area (Å²) in [6, 6.07) is 6.47. The van der Waals surface area contributed by atoms with Crippen molar-refractivity contribution in [2.45, 2.75) is 44.2 Å². The molecular formula is C16H23NO2. The van der Waals surface area contributed by atoms with Gasteiger partial charge in [-0.3, -0.25) is 0 Å². The fraction of sp³-hybridized carbons (Fsp3) is 0.625. The van der Waals surface area contributed by atoms with Crippen molar-refractivity contribution in [2.24, 2.45) is 5.92 Å². The van der Waals surface area contributed by atoms with Gasteiger partial charge in [0.1, 0.15) is 17.1 Å². The minimum atomic E-state index is -0.0313. The molecule has 0 amide bonds. The molecule has 19 heavy (non-hydrogen) atoms. The van der Waals surface area contributed by atoms with E-state index in [-0.39, 0.29) is 5.60 Å². The van der Waals surface area contributed by atoms with E-state index in [0.717, 1.165) is 23.8 Å². The minimum Gasteiger partial charge on any atom is -0.497 e. The Balaban J connectivity index is 1.89. The highest BCUT2D eigenvalue weighted by molar-refractivity contribution is 5.44. The first kappa shape index (κ1) is 12.8. The van der Waals surface area contributed by atoms with Crippen LogP contribution in [0, 0.1) is 5.92 Å². The molecule has 0 spiro atoms. The van der Waals surface area contributed by atoms with Crippen molar-refractivity contribution >= 4 is 0 Å². The van der Waals surface area contributed by atoms with Crippen LogP contribution in [0.15, 0.2) is 18.2 Å². The third-order valence-corrected chi connectivity index (χ3v) is 4.35. The van der Waals surface area contributed by atoms with E-state index in [0.29, 0.717) is 6.04 Å². The second kappa shape index (κ2) is 4.71. The Hall–Kier alpha value is -1.22. The van der Waals surface area contributed by atoms with Crippen LogP contribution in [-0.4, -0.2) is 19.8 Å². The van der Waals surface area contributed by atoms with Crippen molar-refractivity contribution < 1.29 is 9.47 Å². The first-order chi connectivity index (χ1) is 9.13. The molecule has 3 rings (SSSR count). The molecular weight excluding hydrogens is 238 g/mol. The molecule has 1 saturated carbocycles. The molecule has 1 aromatic carbocycles. The lowest BCUT2D eigenvalue weighted by Crippen LogP contribution is -2.41. The summed E-state index contributed by atoms with van der Waals surface area (Å²) in [6.07, 6.45) is 4.95. The van der Waals surface area contributed by atoms with E-state index >= 15 is 0 Å². The topological polar surface area (TPSA) is 30.5 Å². The molecule has 2 unspecified atom stereocenters. The largest absolute Gasteiger partial charge is 0.497 e. The zero-order chi connectivity index (χ0) is 13.5. The molecule has 0 saturated heterocycles. The molecule has 1 aromatic rings. The zero-order valence-electron chi connectivity index (χ0n) is 12.0. The number of hydrogen-bond donors (Lipinski definition) is 1. The van der Waals surface area contributed by atoms with Gasteiger partial charge in [0, 0.05) is 18.0 Å². The number of hydrogen-bond acceptors (Lipinski definition) is 3. The number of ether oxygens (including phenoxy) is 2. The quantitative estimate of drug-likeness (QED) is 0.902. The molecule has 1 fully saturated rings. The van der Waals surface area contributed by atoms with Gasteiger partial charge in [0.25, 0.3) is 0 Å². The van der Waals surface area contributed by atoms with Gasteiger partial charge in [0.05, 0.1) is 7.11 Å². The van der Waals surface area contributed by atoms with Crippen molar-refractivity contribution in [3.63, 3.8) is 0 Å². The lowest BCUT2D eigenvalue weighted by molar-refractivity contribution is 0.0355. The van der Waals surface area contributed by atoms with Gasteiger partial charge < -0.3 is 14.8 Å². The van der Waals surface area contributed by atoms with Gasteiger partial charge in [0.2, 0.25) is 0 Å². The molecule has 1 N–H and O–H groups in total. The highest BCUT2D eigenvalue weighted by Gasteiger charge is 2.41. The molecule has 2 aliphatic rings. The molecule has 0 aromatic heterocycles. The van der Waals surface area contributed by atoms with E-state index in [1.807, 2.05) is 19.2 Å². The Bertz CT molecular complexity index is 470. The second-order valence-electron chi connectivity index (χ2n) is 6.15. The Labute approximate surface area is 115 Å². The first-order valence-electron chi connectivity index (χ1n) is 7.18. The molecule has 104 valence electrons. The number of nitrogens with one attached hydrogen (secondary N) is 1. The summed E-state index contributed by atoms with van der Waals surface area (Å²) in [6.45, 7) is 2.25. The smallest absolute Gasteiger partial charge is 0.125 e. The van der Waals surface area contributed by atoms with Gasteiger partial charge in [-0.1, -0.05) is 12.8 Å². The van der Waals surface area contributed by atoms with Crippen molar-refractivity contribution in [3.8, 4) is 11.5 Å². The lowest BCUT2D eigenvalue weighted by atomic mass is 9.85. The van der Waals surface area contributed by atoms with Gasteiger partial charge in [-0.05, 0) is 44.5 Å². The van der Waals surface area contributed by atoms with Gasteiger partial charge in [-0.15, -0.1) is 0 Å². The summed E-state index contributed by atoms with van der Waals surface area (Å²) in [5, 5.41) is 3.42. The van der Waals surface area contributed by atoms with Crippen LogP contribution in [0.3, 0.4) is 0 Å². The lowest BCUT2D eigenvalue weighted by Gasteiger charge is -2.40. The zero-order valence-corrected chi connectivity index (χ0v) is 12.0. The maximum atomic E-state index is 6.31. The highest BCUT2D eigenvalue weighted by Crippen LogP contribution is 2.46. The van der Waals surface area contributed by atoms with E-state index < -0.39 is 0 Å². The van der Waals surface area contributed by atoms with E-state index in [4.69, 9.17) is 9.47 Å². The number of benzene rings is 1. The monoisotopic (exact) mass is 261 g/mol. The van der Waals surface area contributed by atoms with Crippen LogP contribution in [0.5, 0.6) is 11.5 Å². The Morgan fingerprint density at radius 1 is 1.42 bits per heavy atom. The molecule has 3 heteroatoms. The predicted octanol–water partition coefficient (Wildman–Crippen LogP) is 3.30. The van der Waals surface area contributed by atoms with Gasteiger partial charge in [-0.2, -0.15) is 0 Å². The number of fused-ring (bicyclic) bond motifs is 1. The third-order valence-electron chi connectivity index (χ3n) is 4.35. The molecule has 3 nitrogen and oxygen atoms in total. The van der Waals surface area contributed by atoms with E-state index in [2.05, 4.69) is 18.3 Å². The first-order valence-corrected chi connectivity index (χ1v) is 7.18. The van der Waals surface area contributed by atoms with Crippen LogP contribution in [-0.2, 0) is 0 Å². The molecule has 1 aliphatic heterocycles. The minimum absolute atomic E-state index is 0.0313. The summed E-state index contributed by atoms with van der Waals surface area (Å²) in [7, 11) is 3.73. The van der Waals surface area contributed by atoms with E-state index in [9.17, 15) is 0 Å². The van der Waals surface area contributed by atoms with Gasteiger partial charge in [0.15, 0.2) is 0 Å². The molecule has 1 aliphatic carbocycles. The van der Waals surface area contributed by atoms with Crippen LogP contribution < -0.4 is 14.8 Å². The van der Waals surface area contributed by atoms with Crippen molar-refractivity contribution in [1.29, 1.82) is 0 Å². The van der Waals surface area contributed by atoms with Crippen LogP contribution in [0.2, 0.25) is 0 Å². The summed E-state index contributed by atoms with van der Waals surface area (Å²) < 4.78 is 11.6. The fourth-order valence-electron chi connectivity index (χ4n) is 3.18. The standard InChI is InChI=1S/C16H23NO2/c1-16(9-11-4-5-11)10-14(17-2)13-8-12(18-3)6-7-15(13)19-16/h6-8,11,14,17H,4-5,9-10H2,1-3H3. The van der Waals surface area contributed by atoms with Gasteiger partial charge in [-0.25, -0.2) is 0 Å². The molecule has 0 bridgehead atoms. The summed E-state index contributed by atoms with van der Waals surface area (Å²) in [4.78, 5) is 0. The van der Waals surface area contributed by atoms with Crippen LogP contribution in [0.25, 0.3) is 0 Å². The summed E-state index contributed by atoms with van der Waals surface area (Å²) in [5.74, 6) is 2.78. The molecule has 2 atom stereocenters. The summed E-state index contributed by atoms with van der Waals surface area (Å²) >= 11 is 0. The van der Waals surface area contributed by atoms with Crippen molar-refractivity contribution in [3.05, 3.63) is 23.8 Å². The Morgan fingerprint density at radius 3 is 2.84 bits per heavy atom. The third kappa shape index (κ3) is 2.57. The van der Waals surface area contributed by atoms with Crippen LogP contribution in [0.1, 0.15) is 44.2 Å². The fourth-order valence-corrected chi connectivity index (χ4v) is 3.18. The average molecular weight is 261 g/mol. The second-order valence-corrected chi connectivity index (χ2v) is 6.15. The molecule has 0 radical (unpaired) electrons. The van der Waals surface area contributed by atoms with Crippen LogP contribution in [0.4, 0.5) is 0 Å². The predicted molar refractivity (Wildman–Crippen MR) is 75.8 cm³/mol. The number of rotatable bonds is 4. The maximum absolute atomic E-state index is 6.31. The van der Waals surface area contributed by atoms with Crippen molar-refractivity contribution in [2.75, 3.05) is 14.2 Å². The van der Waals surface area contributed by atoms with E-state index in [1.54, 1.807) is 7.11 Å². The Morgan fingerprint density at radius 2 is 2.21 bits per heavy atom. The van der Waals surface area contributed by atoms with Crippen LogP contribution >= 0.6 is 0 Å². The normalized spacial score (nSPS) is 29.5. The van der Waals surface area contributed by atoms with Gasteiger partial charge >= 0.3 is 0 Å². The highest BCUT2D eigenvalue weighted by atomic mass is 16.5. The number of methoxy groups -OCH3 is 1. The Kier molecular flexibility index (Phi) is 3.17. The van der Waals surface area contributed by atoms with Crippen molar-refractivity contribution in [1.82, 2.24) is 5.32 Å². The SMILES string of the molecule is CNC1CC(C)(CC2CC2)Oc2ccc(OC)cc21.